The van der Waals surface area contributed by atoms with Crippen molar-refractivity contribution in [1.29, 1.82) is 0 Å². The summed E-state index contributed by atoms with van der Waals surface area (Å²) in [6.07, 6.45) is 0.446. The Labute approximate surface area is 177 Å². The molecule has 0 spiro atoms. The van der Waals surface area contributed by atoms with E-state index in [0.717, 1.165) is 38.7 Å². The zero-order valence-corrected chi connectivity index (χ0v) is 18.0. The van der Waals surface area contributed by atoms with Crippen molar-refractivity contribution in [2.24, 2.45) is 4.99 Å². The van der Waals surface area contributed by atoms with E-state index in [1.807, 2.05) is 6.92 Å². The van der Waals surface area contributed by atoms with Crippen LogP contribution in [-0.2, 0) is 16.0 Å². The van der Waals surface area contributed by atoms with Gasteiger partial charge in [0.05, 0.1) is 13.2 Å². The van der Waals surface area contributed by atoms with Crippen molar-refractivity contribution in [3.63, 3.8) is 0 Å². The minimum absolute atomic E-state index is 0.0119. The monoisotopic (exact) mass is 427 g/mol. The van der Waals surface area contributed by atoms with E-state index in [0.29, 0.717) is 43.2 Å². The molecule has 0 unspecified atom stereocenters. The van der Waals surface area contributed by atoms with Crippen LogP contribution in [0, 0.1) is 5.82 Å². The molecule has 0 atom stereocenters. The molecule has 1 aromatic rings. The van der Waals surface area contributed by atoms with Gasteiger partial charge >= 0.3 is 0 Å². The standard InChI is InChI=1S/C20H31ClFN5O2/c1-3-23-20(25-8-7-16-17(21)5-4-6-18(16)22)27-12-10-26(11-13-27)15-19(28)24-9-14-29-2/h4-6H,3,7-15H2,1-2H3,(H,23,25)(H,24,28). The fraction of sp³-hybridized carbons (Fsp3) is 0.600. The fourth-order valence-corrected chi connectivity index (χ4v) is 3.40. The van der Waals surface area contributed by atoms with Crippen LogP contribution in [0.15, 0.2) is 23.2 Å². The number of hydrogen-bond acceptors (Lipinski definition) is 4. The van der Waals surface area contributed by atoms with Gasteiger partial charge in [0, 0.05) is 63.5 Å². The molecular formula is C20H31ClFN5O2. The van der Waals surface area contributed by atoms with E-state index in [4.69, 9.17) is 16.3 Å². The van der Waals surface area contributed by atoms with Gasteiger partial charge in [0.25, 0.3) is 0 Å². The van der Waals surface area contributed by atoms with Crippen molar-refractivity contribution in [3.05, 3.63) is 34.6 Å². The third kappa shape index (κ3) is 7.79. The number of carbonyl (C=O) groups excluding carboxylic acids is 1. The normalized spacial score (nSPS) is 15.4. The molecule has 1 aliphatic rings. The molecule has 29 heavy (non-hydrogen) atoms. The van der Waals surface area contributed by atoms with Crippen LogP contribution in [0.5, 0.6) is 0 Å². The van der Waals surface area contributed by atoms with Gasteiger partial charge in [-0.25, -0.2) is 4.39 Å². The number of rotatable bonds is 9. The molecule has 1 saturated heterocycles. The molecule has 0 bridgehead atoms. The van der Waals surface area contributed by atoms with Crippen LogP contribution in [0.2, 0.25) is 5.02 Å². The van der Waals surface area contributed by atoms with E-state index in [1.165, 1.54) is 6.07 Å². The molecule has 0 radical (unpaired) electrons. The van der Waals surface area contributed by atoms with Crippen LogP contribution in [0.3, 0.4) is 0 Å². The summed E-state index contributed by atoms with van der Waals surface area (Å²) in [5, 5.41) is 6.57. The van der Waals surface area contributed by atoms with Crippen molar-refractivity contribution in [3.8, 4) is 0 Å². The molecule has 1 amide bonds. The summed E-state index contributed by atoms with van der Waals surface area (Å²) in [5.74, 6) is 0.525. The quantitative estimate of drug-likeness (QED) is 0.354. The Hall–Kier alpha value is -1.90. The number of carbonyl (C=O) groups is 1. The fourth-order valence-electron chi connectivity index (χ4n) is 3.14. The largest absolute Gasteiger partial charge is 0.383 e. The first kappa shape index (κ1) is 23.4. The third-order valence-electron chi connectivity index (χ3n) is 4.69. The Morgan fingerprint density at radius 3 is 2.69 bits per heavy atom. The molecular weight excluding hydrogens is 397 g/mol. The van der Waals surface area contributed by atoms with E-state index in [2.05, 4.69) is 25.4 Å². The second-order valence-corrected chi connectivity index (χ2v) is 7.20. The number of guanidine groups is 1. The van der Waals surface area contributed by atoms with Gasteiger partial charge in [-0.1, -0.05) is 17.7 Å². The summed E-state index contributed by atoms with van der Waals surface area (Å²) < 4.78 is 18.9. The predicted molar refractivity (Wildman–Crippen MR) is 114 cm³/mol. The molecule has 2 rings (SSSR count). The first-order valence-corrected chi connectivity index (χ1v) is 10.4. The van der Waals surface area contributed by atoms with Crippen LogP contribution < -0.4 is 10.6 Å². The maximum atomic E-state index is 13.9. The molecule has 0 aliphatic carbocycles. The highest BCUT2D eigenvalue weighted by Gasteiger charge is 2.21. The Balaban J connectivity index is 1.83. The Bertz CT molecular complexity index is 661. The maximum Gasteiger partial charge on any atom is 0.234 e. The van der Waals surface area contributed by atoms with Crippen LogP contribution in [0.1, 0.15) is 12.5 Å². The molecule has 2 N–H and O–H groups in total. The molecule has 162 valence electrons. The number of hydrogen-bond donors (Lipinski definition) is 2. The molecule has 1 aliphatic heterocycles. The van der Waals surface area contributed by atoms with E-state index >= 15 is 0 Å². The van der Waals surface area contributed by atoms with Crippen molar-refractivity contribution in [2.75, 3.05) is 66.1 Å². The number of nitrogens with zero attached hydrogens (tertiary/aromatic N) is 3. The molecule has 1 fully saturated rings. The first-order chi connectivity index (χ1) is 14.0. The number of piperazine rings is 1. The predicted octanol–water partition coefficient (Wildman–Crippen LogP) is 1.37. The molecule has 9 heteroatoms. The van der Waals surface area contributed by atoms with Gasteiger partial charge in [0.15, 0.2) is 5.96 Å². The average molecular weight is 428 g/mol. The van der Waals surface area contributed by atoms with Crippen LogP contribution in [0.25, 0.3) is 0 Å². The van der Waals surface area contributed by atoms with Gasteiger partial charge in [-0.15, -0.1) is 0 Å². The van der Waals surface area contributed by atoms with Gasteiger partial charge in [0.2, 0.25) is 5.91 Å². The highest BCUT2D eigenvalue weighted by Crippen LogP contribution is 2.19. The first-order valence-electron chi connectivity index (χ1n) is 9.99. The lowest BCUT2D eigenvalue weighted by Gasteiger charge is -2.36. The van der Waals surface area contributed by atoms with Gasteiger partial charge in [-0.2, -0.15) is 0 Å². The number of aliphatic imine (C=N–C) groups is 1. The Morgan fingerprint density at radius 1 is 1.28 bits per heavy atom. The Kier molecular flexibility index (Phi) is 10.2. The third-order valence-corrected chi connectivity index (χ3v) is 5.04. The summed E-state index contributed by atoms with van der Waals surface area (Å²) in [4.78, 5) is 20.9. The van der Waals surface area contributed by atoms with Crippen LogP contribution in [-0.4, -0.2) is 87.7 Å². The van der Waals surface area contributed by atoms with Crippen molar-refractivity contribution in [2.45, 2.75) is 13.3 Å². The molecule has 0 aromatic heterocycles. The van der Waals surface area contributed by atoms with Crippen molar-refractivity contribution < 1.29 is 13.9 Å². The second-order valence-electron chi connectivity index (χ2n) is 6.79. The number of benzene rings is 1. The summed E-state index contributed by atoms with van der Waals surface area (Å²) >= 11 is 6.09. The lowest BCUT2D eigenvalue weighted by Crippen LogP contribution is -2.54. The summed E-state index contributed by atoms with van der Waals surface area (Å²) in [5.41, 5.74) is 0.498. The second kappa shape index (κ2) is 12.6. The highest BCUT2D eigenvalue weighted by atomic mass is 35.5. The number of nitrogens with one attached hydrogen (secondary N) is 2. The van der Waals surface area contributed by atoms with Crippen molar-refractivity contribution in [1.82, 2.24) is 20.4 Å². The molecule has 1 heterocycles. The Morgan fingerprint density at radius 2 is 2.03 bits per heavy atom. The van der Waals surface area contributed by atoms with Crippen LogP contribution in [0.4, 0.5) is 4.39 Å². The van der Waals surface area contributed by atoms with E-state index < -0.39 is 0 Å². The van der Waals surface area contributed by atoms with Gasteiger partial charge < -0.3 is 20.3 Å². The summed E-state index contributed by atoms with van der Waals surface area (Å²) in [7, 11) is 1.61. The minimum Gasteiger partial charge on any atom is -0.383 e. The zero-order chi connectivity index (χ0) is 21.1. The SMILES string of the molecule is CCNC(=NCCc1c(F)cccc1Cl)N1CCN(CC(=O)NCCOC)CC1. The number of amides is 1. The average Bonchev–Trinajstić information content (AvgIpc) is 2.70. The van der Waals surface area contributed by atoms with Gasteiger partial charge in [-0.3, -0.25) is 14.7 Å². The minimum atomic E-state index is -0.296. The van der Waals surface area contributed by atoms with Crippen LogP contribution >= 0.6 is 11.6 Å². The summed E-state index contributed by atoms with van der Waals surface area (Å²) in [6.45, 7) is 7.75. The topological polar surface area (TPSA) is 69.2 Å². The van der Waals surface area contributed by atoms with Gasteiger partial charge in [-0.05, 0) is 25.5 Å². The van der Waals surface area contributed by atoms with E-state index in [-0.39, 0.29) is 11.7 Å². The summed E-state index contributed by atoms with van der Waals surface area (Å²) in [6, 6.07) is 4.71. The maximum absolute atomic E-state index is 13.9. The van der Waals surface area contributed by atoms with Crippen molar-refractivity contribution >= 4 is 23.5 Å². The molecule has 1 aromatic carbocycles. The van der Waals surface area contributed by atoms with E-state index in [9.17, 15) is 9.18 Å². The number of ether oxygens (including phenoxy) is 1. The number of halogens is 2. The number of methoxy groups -OCH3 is 1. The lowest BCUT2D eigenvalue weighted by atomic mass is 10.1. The highest BCUT2D eigenvalue weighted by molar-refractivity contribution is 6.31. The lowest BCUT2D eigenvalue weighted by molar-refractivity contribution is -0.122. The molecule has 0 saturated carbocycles. The smallest absolute Gasteiger partial charge is 0.234 e. The van der Waals surface area contributed by atoms with Gasteiger partial charge in [0.1, 0.15) is 5.82 Å². The molecule has 7 nitrogen and oxygen atoms in total. The van der Waals surface area contributed by atoms with E-state index in [1.54, 1.807) is 19.2 Å². The zero-order valence-electron chi connectivity index (χ0n) is 17.2.